The molecule has 0 fully saturated rings. The van der Waals surface area contributed by atoms with Crippen molar-refractivity contribution in [3.63, 3.8) is 0 Å². The average Bonchev–Trinajstić information content (AvgIpc) is 2.43. The summed E-state index contributed by atoms with van der Waals surface area (Å²) in [5.74, 6) is 0.337. The molecule has 0 bridgehead atoms. The van der Waals surface area contributed by atoms with Gasteiger partial charge in [0.1, 0.15) is 10.7 Å². The third kappa shape index (κ3) is 4.69. The average molecular weight is 365 g/mol. The van der Waals surface area contributed by atoms with Gasteiger partial charge >= 0.3 is 0 Å². The topological polar surface area (TPSA) is 74.3 Å². The van der Waals surface area contributed by atoms with Crippen molar-refractivity contribution in [2.45, 2.75) is 18.7 Å². The van der Waals surface area contributed by atoms with Crippen LogP contribution in [-0.4, -0.2) is 51.5 Å². The molecular weight excluding hydrogens is 344 g/mol. The van der Waals surface area contributed by atoms with Crippen molar-refractivity contribution < 1.29 is 8.42 Å². The van der Waals surface area contributed by atoms with Gasteiger partial charge in [0, 0.05) is 30.8 Å². The van der Waals surface area contributed by atoms with E-state index >= 15 is 0 Å². The Balaban J connectivity index is 2.81. The highest BCUT2D eigenvalue weighted by Crippen LogP contribution is 2.22. The van der Waals surface area contributed by atoms with Crippen LogP contribution >= 0.6 is 15.9 Å². The molecule has 114 valence electrons. The Kier molecular flexibility index (Phi) is 6.87. The van der Waals surface area contributed by atoms with Crippen LogP contribution in [-0.2, 0) is 10.0 Å². The first kappa shape index (κ1) is 17.4. The van der Waals surface area contributed by atoms with E-state index in [1.165, 1.54) is 0 Å². The molecule has 1 aromatic heterocycles. The highest BCUT2D eigenvalue weighted by molar-refractivity contribution is 9.10. The molecular formula is C12H21BrN4O2S. The second-order valence-electron chi connectivity index (χ2n) is 4.17. The number of hydrogen-bond donors (Lipinski definition) is 2. The third-order valence-corrected chi connectivity index (χ3v) is 4.87. The molecule has 0 spiro atoms. The second kappa shape index (κ2) is 7.92. The SMILES string of the molecule is CCN(CC)CCNS(=O)(=O)c1cc(Br)cnc1NC. The number of hydrogen-bond acceptors (Lipinski definition) is 5. The number of nitrogens with zero attached hydrogens (tertiary/aromatic N) is 2. The first-order chi connectivity index (χ1) is 9.44. The predicted octanol–water partition coefficient (Wildman–Crippen LogP) is 1.51. The second-order valence-corrected chi connectivity index (χ2v) is 6.83. The molecule has 0 unspecified atom stereocenters. The van der Waals surface area contributed by atoms with E-state index in [1.54, 1.807) is 19.3 Å². The fourth-order valence-electron chi connectivity index (χ4n) is 1.77. The number of nitrogens with one attached hydrogen (secondary N) is 2. The molecule has 0 aliphatic heterocycles. The van der Waals surface area contributed by atoms with Crippen molar-refractivity contribution in [1.29, 1.82) is 0 Å². The van der Waals surface area contributed by atoms with Gasteiger partial charge in [-0.2, -0.15) is 0 Å². The van der Waals surface area contributed by atoms with E-state index in [0.29, 0.717) is 23.4 Å². The summed E-state index contributed by atoms with van der Waals surface area (Å²) in [6.45, 7) is 6.96. The standard InChI is InChI=1S/C12H21BrN4O2S/c1-4-17(5-2)7-6-16-20(18,19)11-8-10(13)9-15-12(11)14-3/h8-9,16H,4-7H2,1-3H3,(H,14,15). The van der Waals surface area contributed by atoms with Crippen molar-refractivity contribution in [1.82, 2.24) is 14.6 Å². The minimum Gasteiger partial charge on any atom is -0.372 e. The molecule has 8 heteroatoms. The summed E-state index contributed by atoms with van der Waals surface area (Å²) >= 11 is 3.24. The lowest BCUT2D eigenvalue weighted by atomic mass is 10.4. The number of likely N-dealkylation sites (N-methyl/N-ethyl adjacent to an activating group) is 1. The molecule has 0 saturated heterocycles. The smallest absolute Gasteiger partial charge is 0.244 e. The van der Waals surface area contributed by atoms with Crippen LogP contribution in [0.1, 0.15) is 13.8 Å². The van der Waals surface area contributed by atoms with E-state index in [2.05, 4.69) is 49.7 Å². The summed E-state index contributed by atoms with van der Waals surface area (Å²) in [4.78, 5) is 6.35. The third-order valence-electron chi connectivity index (χ3n) is 2.96. The number of anilines is 1. The lowest BCUT2D eigenvalue weighted by Gasteiger charge is -2.18. The minimum absolute atomic E-state index is 0.147. The van der Waals surface area contributed by atoms with E-state index in [-0.39, 0.29) is 4.90 Å². The summed E-state index contributed by atoms with van der Waals surface area (Å²) in [6, 6.07) is 1.54. The van der Waals surface area contributed by atoms with Crippen LogP contribution in [0.3, 0.4) is 0 Å². The Morgan fingerprint density at radius 1 is 1.35 bits per heavy atom. The molecule has 20 heavy (non-hydrogen) atoms. The Morgan fingerprint density at radius 2 is 2.00 bits per heavy atom. The van der Waals surface area contributed by atoms with Gasteiger partial charge in [0.25, 0.3) is 0 Å². The summed E-state index contributed by atoms with van der Waals surface area (Å²) in [5, 5.41) is 2.79. The van der Waals surface area contributed by atoms with Crippen molar-refractivity contribution in [3.8, 4) is 0 Å². The zero-order chi connectivity index (χ0) is 15.2. The Bertz CT molecular complexity index is 532. The van der Waals surface area contributed by atoms with E-state index < -0.39 is 10.0 Å². The van der Waals surface area contributed by atoms with Crippen molar-refractivity contribution in [3.05, 3.63) is 16.7 Å². The quantitative estimate of drug-likeness (QED) is 0.731. The van der Waals surface area contributed by atoms with Crippen molar-refractivity contribution in [2.24, 2.45) is 0 Å². The number of aromatic nitrogens is 1. The van der Waals surface area contributed by atoms with Gasteiger partial charge in [-0.25, -0.2) is 18.1 Å². The molecule has 0 amide bonds. The summed E-state index contributed by atoms with van der Waals surface area (Å²) in [7, 11) is -1.93. The maximum absolute atomic E-state index is 12.3. The molecule has 1 aromatic rings. The maximum Gasteiger partial charge on any atom is 0.244 e. The molecule has 0 radical (unpaired) electrons. The highest BCUT2D eigenvalue weighted by atomic mass is 79.9. The molecule has 0 aromatic carbocycles. The van der Waals surface area contributed by atoms with Crippen LogP contribution in [0.25, 0.3) is 0 Å². The monoisotopic (exact) mass is 364 g/mol. The maximum atomic E-state index is 12.3. The van der Waals surface area contributed by atoms with Crippen LogP contribution in [0.15, 0.2) is 21.6 Å². The number of halogens is 1. The highest BCUT2D eigenvalue weighted by Gasteiger charge is 2.19. The fraction of sp³-hybridized carbons (Fsp3) is 0.583. The summed E-state index contributed by atoms with van der Waals surface area (Å²) < 4.78 is 27.8. The van der Waals surface area contributed by atoms with Crippen LogP contribution in [0.4, 0.5) is 5.82 Å². The predicted molar refractivity (Wildman–Crippen MR) is 84.5 cm³/mol. The van der Waals surface area contributed by atoms with Gasteiger partial charge < -0.3 is 10.2 Å². The van der Waals surface area contributed by atoms with Gasteiger partial charge in [0.15, 0.2) is 0 Å². The normalized spacial score (nSPS) is 11.8. The lowest BCUT2D eigenvalue weighted by Crippen LogP contribution is -2.35. The van der Waals surface area contributed by atoms with Gasteiger partial charge in [-0.05, 0) is 35.1 Å². The number of sulfonamides is 1. The van der Waals surface area contributed by atoms with Crippen LogP contribution in [0.2, 0.25) is 0 Å². The summed E-state index contributed by atoms with van der Waals surface area (Å²) in [6.07, 6.45) is 1.56. The molecule has 6 nitrogen and oxygen atoms in total. The van der Waals surface area contributed by atoms with Gasteiger partial charge in [-0.15, -0.1) is 0 Å². The molecule has 1 heterocycles. The van der Waals surface area contributed by atoms with Crippen LogP contribution < -0.4 is 10.0 Å². The van der Waals surface area contributed by atoms with Crippen molar-refractivity contribution in [2.75, 3.05) is 38.5 Å². The fourth-order valence-corrected chi connectivity index (χ4v) is 3.46. The first-order valence-corrected chi connectivity index (χ1v) is 8.77. The van der Waals surface area contributed by atoms with Crippen LogP contribution in [0, 0.1) is 0 Å². The lowest BCUT2D eigenvalue weighted by molar-refractivity contribution is 0.309. The molecule has 0 aliphatic rings. The molecule has 0 atom stereocenters. The Morgan fingerprint density at radius 3 is 2.55 bits per heavy atom. The molecule has 0 aliphatic carbocycles. The van der Waals surface area contributed by atoms with E-state index in [0.717, 1.165) is 13.1 Å². The van der Waals surface area contributed by atoms with Gasteiger partial charge in [0.2, 0.25) is 10.0 Å². The molecule has 0 saturated carbocycles. The van der Waals surface area contributed by atoms with E-state index in [4.69, 9.17) is 0 Å². The minimum atomic E-state index is -3.57. The van der Waals surface area contributed by atoms with Crippen molar-refractivity contribution >= 4 is 31.8 Å². The molecule has 1 rings (SSSR count). The zero-order valence-corrected chi connectivity index (χ0v) is 14.4. The molecule has 2 N–H and O–H groups in total. The Labute approximate surface area is 129 Å². The Hall–Kier alpha value is -0.700. The largest absolute Gasteiger partial charge is 0.372 e. The van der Waals surface area contributed by atoms with Gasteiger partial charge in [-0.1, -0.05) is 13.8 Å². The van der Waals surface area contributed by atoms with E-state index in [9.17, 15) is 8.42 Å². The number of pyridine rings is 1. The number of rotatable bonds is 8. The van der Waals surface area contributed by atoms with Crippen LogP contribution in [0.5, 0.6) is 0 Å². The van der Waals surface area contributed by atoms with Gasteiger partial charge in [0.05, 0.1) is 0 Å². The zero-order valence-electron chi connectivity index (χ0n) is 12.0. The first-order valence-electron chi connectivity index (χ1n) is 6.49. The van der Waals surface area contributed by atoms with E-state index in [1.807, 2.05) is 0 Å². The summed E-state index contributed by atoms with van der Waals surface area (Å²) in [5.41, 5.74) is 0. The van der Waals surface area contributed by atoms with Gasteiger partial charge in [-0.3, -0.25) is 0 Å².